The van der Waals surface area contributed by atoms with Crippen molar-refractivity contribution in [2.75, 3.05) is 0 Å². The van der Waals surface area contributed by atoms with E-state index < -0.39 is 16.9 Å². The highest BCUT2D eigenvalue weighted by Gasteiger charge is 2.53. The summed E-state index contributed by atoms with van der Waals surface area (Å²) < 4.78 is 0. The summed E-state index contributed by atoms with van der Waals surface area (Å²) in [6, 6.07) is 55.5. The molecule has 3 aliphatic heterocycles. The molecule has 5 aromatic rings. The summed E-state index contributed by atoms with van der Waals surface area (Å²) in [6.45, 7) is 0. The second-order valence-electron chi connectivity index (χ2n) is 20.0. The van der Waals surface area contributed by atoms with Crippen LogP contribution < -0.4 is 26.1 Å². The van der Waals surface area contributed by atoms with Gasteiger partial charge in [-0.1, -0.05) is 251 Å². The third-order valence-corrected chi connectivity index (χ3v) is 24.5. The van der Waals surface area contributed by atoms with Crippen LogP contribution in [0, 0.1) is 17.8 Å². The fraction of sp³-hybridized carbons (Fsp3) is 0.203. The SMILES string of the molecule is C1=CCC2C(=C1)C1C=CC=C3c4ccccc4C4=C(C5C=CC=C([Si](c6ccccc6)c6ccccc6)C5)NC(C5C=C([Si](c6ccccc6)(c6ccccc6)C6C=CCCC6)C=CC5)N=C4N2C31. The monoisotopic (exact) mass is 924 g/mol. The molecule has 337 valence electrons. The Hall–Kier alpha value is -6.80. The molecule has 0 aromatic heterocycles. The lowest BCUT2D eigenvalue weighted by Crippen LogP contribution is -2.63. The van der Waals surface area contributed by atoms with Crippen molar-refractivity contribution in [2.45, 2.75) is 62.3 Å². The molecule has 1 radical (unpaired) electrons. The Morgan fingerprint density at radius 3 is 2.03 bits per heavy atom. The molecule has 7 atom stereocenters. The number of hydrogen-bond donors (Lipinski definition) is 1. The van der Waals surface area contributed by atoms with Crippen LogP contribution in [0.25, 0.3) is 11.1 Å². The van der Waals surface area contributed by atoms with Gasteiger partial charge in [0.15, 0.2) is 8.07 Å². The largest absolute Gasteiger partial charge is 0.365 e. The van der Waals surface area contributed by atoms with E-state index in [1.165, 1.54) is 83.4 Å². The van der Waals surface area contributed by atoms with Crippen LogP contribution in [0.4, 0.5) is 0 Å². The Morgan fingerprint density at radius 1 is 0.638 bits per heavy atom. The van der Waals surface area contributed by atoms with E-state index in [0.717, 1.165) is 25.7 Å². The van der Waals surface area contributed by atoms with Gasteiger partial charge in [-0.3, -0.25) is 0 Å². The molecule has 1 N–H and O–H groups in total. The molecule has 5 heteroatoms. The molecule has 7 unspecified atom stereocenters. The van der Waals surface area contributed by atoms with Crippen LogP contribution in [0.15, 0.2) is 257 Å². The zero-order valence-electron chi connectivity index (χ0n) is 39.1. The Bertz CT molecular complexity index is 3050. The molecular formula is C64H58N3Si2. The van der Waals surface area contributed by atoms with Gasteiger partial charge in [0.1, 0.15) is 20.8 Å². The minimum absolute atomic E-state index is 0.137. The van der Waals surface area contributed by atoms with E-state index in [0.29, 0.717) is 11.5 Å². The van der Waals surface area contributed by atoms with E-state index in [1.807, 2.05) is 0 Å². The van der Waals surface area contributed by atoms with Crippen molar-refractivity contribution in [1.29, 1.82) is 0 Å². The molecule has 8 aliphatic rings. The zero-order valence-corrected chi connectivity index (χ0v) is 41.1. The van der Waals surface area contributed by atoms with Crippen LogP contribution in [0.3, 0.4) is 0 Å². The highest BCUT2D eigenvalue weighted by molar-refractivity contribution is 7.09. The summed E-state index contributed by atoms with van der Waals surface area (Å²) in [5.41, 5.74) is 8.64. The van der Waals surface area contributed by atoms with Crippen LogP contribution in [-0.4, -0.2) is 45.9 Å². The van der Waals surface area contributed by atoms with E-state index in [2.05, 4.69) is 241 Å². The summed E-state index contributed by atoms with van der Waals surface area (Å²) in [6.07, 6.45) is 40.8. The number of benzene rings is 5. The van der Waals surface area contributed by atoms with Crippen molar-refractivity contribution < 1.29 is 0 Å². The molecule has 0 amide bonds. The lowest BCUT2D eigenvalue weighted by atomic mass is 9.80. The topological polar surface area (TPSA) is 27.6 Å². The highest BCUT2D eigenvalue weighted by Crippen LogP contribution is 2.53. The average Bonchev–Trinajstić information content (AvgIpc) is 3.71. The maximum atomic E-state index is 6.18. The van der Waals surface area contributed by atoms with Gasteiger partial charge in [0, 0.05) is 29.0 Å². The number of rotatable bonds is 9. The fourth-order valence-corrected chi connectivity index (χ4v) is 21.9. The lowest BCUT2D eigenvalue weighted by Gasteiger charge is -2.44. The minimum Gasteiger partial charge on any atom is -0.365 e. The van der Waals surface area contributed by atoms with Crippen molar-refractivity contribution in [3.63, 3.8) is 0 Å². The second kappa shape index (κ2) is 17.9. The van der Waals surface area contributed by atoms with E-state index >= 15 is 0 Å². The number of nitrogens with zero attached hydrogens (tertiary/aromatic N) is 2. The minimum atomic E-state index is -2.59. The Labute approximate surface area is 411 Å². The van der Waals surface area contributed by atoms with E-state index in [9.17, 15) is 0 Å². The second-order valence-corrected chi connectivity index (χ2v) is 26.7. The molecule has 5 aliphatic carbocycles. The zero-order chi connectivity index (χ0) is 45.7. The number of amidine groups is 1. The number of allylic oxidation sites excluding steroid dienone is 13. The van der Waals surface area contributed by atoms with Crippen molar-refractivity contribution in [3.05, 3.63) is 263 Å². The lowest BCUT2D eigenvalue weighted by molar-refractivity contribution is 0.347. The smallest absolute Gasteiger partial charge is 0.154 e. The van der Waals surface area contributed by atoms with Gasteiger partial charge in [-0.05, 0) is 76.7 Å². The molecule has 0 saturated carbocycles. The van der Waals surface area contributed by atoms with Gasteiger partial charge in [-0.25, -0.2) is 4.99 Å². The Balaban J connectivity index is 0.996. The first-order valence-electron chi connectivity index (χ1n) is 25.5. The maximum Gasteiger partial charge on any atom is 0.154 e. The van der Waals surface area contributed by atoms with Crippen LogP contribution in [0.5, 0.6) is 0 Å². The molecule has 0 spiro atoms. The van der Waals surface area contributed by atoms with Crippen molar-refractivity contribution in [3.8, 4) is 0 Å². The van der Waals surface area contributed by atoms with Crippen LogP contribution in [0.2, 0.25) is 5.54 Å². The summed E-state index contributed by atoms with van der Waals surface area (Å²) in [5, 5.41) is 13.3. The molecule has 0 bridgehead atoms. The summed E-state index contributed by atoms with van der Waals surface area (Å²) >= 11 is 0. The quantitative estimate of drug-likeness (QED) is 0.118. The predicted octanol–water partition coefficient (Wildman–Crippen LogP) is 11.0. The molecule has 69 heavy (non-hydrogen) atoms. The molecule has 3 nitrogen and oxygen atoms in total. The molecule has 5 aromatic carbocycles. The summed E-state index contributed by atoms with van der Waals surface area (Å²) in [5.74, 6) is 1.76. The summed E-state index contributed by atoms with van der Waals surface area (Å²) in [7, 11) is -3.85. The van der Waals surface area contributed by atoms with E-state index in [1.54, 1.807) is 0 Å². The van der Waals surface area contributed by atoms with Crippen LogP contribution in [-0.2, 0) is 0 Å². The molecule has 1 fully saturated rings. The predicted molar refractivity (Wildman–Crippen MR) is 293 cm³/mol. The van der Waals surface area contributed by atoms with E-state index in [4.69, 9.17) is 4.99 Å². The number of nitrogens with one attached hydrogen (secondary N) is 1. The third-order valence-electron chi connectivity index (χ3n) is 16.4. The normalized spacial score (nSPS) is 26.4. The van der Waals surface area contributed by atoms with Gasteiger partial charge < -0.3 is 10.2 Å². The van der Waals surface area contributed by atoms with Gasteiger partial charge in [0.25, 0.3) is 0 Å². The van der Waals surface area contributed by atoms with Crippen molar-refractivity contribution in [1.82, 2.24) is 10.2 Å². The van der Waals surface area contributed by atoms with Crippen LogP contribution >= 0.6 is 0 Å². The standard InChI is InChI=1S/C64H58N3Si2/c1-6-25-47(26-7-1)68(48-27-8-2-9-28-48)49-29-20-23-45(43-49)61-60-56-39-17-16-37-54(56)57-40-22-41-58-55-38-18-19-42-59(55)67(62(57)58)64(60)66-63(65-61)46-24-21-36-53(44-46)69(50-30-10-3-11-31-50,51-32-12-4-13-33-51)52-34-14-5-15-35-52/h1-4,6-14,16-23,25-34,36-41,44-46,52,58-59,62-63,65H,5,15,24,35,42-43H2. The average molecular weight is 925 g/mol. The first kappa shape index (κ1) is 42.3. The Kier molecular flexibility index (Phi) is 11.0. The fourth-order valence-electron chi connectivity index (χ4n) is 13.5. The first-order valence-corrected chi connectivity index (χ1v) is 29.1. The van der Waals surface area contributed by atoms with Crippen molar-refractivity contribution >= 4 is 54.6 Å². The van der Waals surface area contributed by atoms with Crippen molar-refractivity contribution in [2.24, 2.45) is 22.7 Å². The maximum absolute atomic E-state index is 6.18. The molecule has 13 rings (SSSR count). The number of aliphatic imine (C=N–C) groups is 1. The van der Waals surface area contributed by atoms with Gasteiger partial charge in [0.05, 0.1) is 12.1 Å². The van der Waals surface area contributed by atoms with Gasteiger partial charge >= 0.3 is 0 Å². The molecule has 1 saturated heterocycles. The van der Waals surface area contributed by atoms with Gasteiger partial charge in [-0.15, -0.1) is 0 Å². The van der Waals surface area contributed by atoms with Gasteiger partial charge in [0.2, 0.25) is 0 Å². The summed E-state index contributed by atoms with van der Waals surface area (Å²) in [4.78, 5) is 8.98. The number of fused-ring (bicyclic) bond motifs is 8. The van der Waals surface area contributed by atoms with E-state index in [-0.39, 0.29) is 30.1 Å². The number of hydrogen-bond acceptors (Lipinski definition) is 3. The third kappa shape index (κ3) is 7.15. The highest BCUT2D eigenvalue weighted by atomic mass is 28.3. The Morgan fingerprint density at radius 2 is 1.32 bits per heavy atom. The molecular weight excluding hydrogens is 867 g/mol. The molecule has 3 heterocycles. The van der Waals surface area contributed by atoms with Gasteiger partial charge in [-0.2, -0.15) is 0 Å². The van der Waals surface area contributed by atoms with Crippen LogP contribution in [0.1, 0.15) is 49.7 Å². The first-order chi connectivity index (χ1) is 34.3.